The lowest BCUT2D eigenvalue weighted by molar-refractivity contribution is -0.384. The number of hydrogen-bond donors (Lipinski definition) is 2. The Morgan fingerprint density at radius 1 is 1.00 bits per heavy atom. The molecule has 0 atom stereocenters. The molecule has 4 aromatic carbocycles. The van der Waals surface area contributed by atoms with Crippen LogP contribution in [0.3, 0.4) is 0 Å². The van der Waals surface area contributed by atoms with Gasteiger partial charge in [0.1, 0.15) is 11.6 Å². The average molecular weight is 788 g/mol. The fourth-order valence-corrected chi connectivity index (χ4v) is 6.69. The van der Waals surface area contributed by atoms with Crippen LogP contribution in [0.2, 0.25) is 0 Å². The number of H-pyrrole nitrogens is 1. The van der Waals surface area contributed by atoms with E-state index in [4.69, 9.17) is 24.4 Å². The molecule has 3 heterocycles. The molecule has 57 heavy (non-hydrogen) atoms. The first-order chi connectivity index (χ1) is 27.2. The summed E-state index contributed by atoms with van der Waals surface area (Å²) in [6.45, 7) is 2.91. The number of hydrogen-bond acceptors (Lipinski definition) is 10. The largest absolute Gasteiger partial charge is 0.496 e. The molecule has 2 N–H and O–H groups in total. The monoisotopic (exact) mass is 787 g/mol. The number of nitrogens with one attached hydrogen (secondary N) is 1. The third-order valence-electron chi connectivity index (χ3n) is 9.62. The van der Waals surface area contributed by atoms with Gasteiger partial charge in [-0.2, -0.15) is 13.2 Å². The Kier molecular flexibility index (Phi) is 11.5. The number of amides is 1. The Hall–Kier alpha value is -6.85. The van der Waals surface area contributed by atoms with E-state index in [0.717, 1.165) is 33.2 Å². The van der Waals surface area contributed by atoms with Gasteiger partial charge in [-0.15, -0.1) is 5.10 Å². The zero-order chi connectivity index (χ0) is 40.9. The number of halogens is 3. The topological polar surface area (TPSA) is 196 Å². The molecular weight excluding hydrogens is 751 g/mol. The van der Waals surface area contributed by atoms with Crippen molar-refractivity contribution >= 4 is 45.3 Å². The number of carbonyl (C=O) groups is 3. The third kappa shape index (κ3) is 9.01. The van der Waals surface area contributed by atoms with Gasteiger partial charge in [0.25, 0.3) is 11.6 Å². The number of carboxylic acids is 1. The Labute approximate surface area is 322 Å². The maximum absolute atomic E-state index is 13.7. The number of rotatable bonds is 10. The van der Waals surface area contributed by atoms with Crippen LogP contribution in [0.15, 0.2) is 85.1 Å². The second kappa shape index (κ2) is 16.5. The smallest absolute Gasteiger partial charge is 0.490 e. The number of ether oxygens (including phenoxy) is 2. The molecule has 15 nitrogen and oxygen atoms in total. The van der Waals surface area contributed by atoms with Crippen molar-refractivity contribution in [2.24, 2.45) is 5.41 Å². The molecule has 2 aromatic heterocycles. The van der Waals surface area contributed by atoms with Crippen LogP contribution in [-0.4, -0.2) is 90.7 Å². The molecule has 18 heteroatoms. The first-order valence-electron chi connectivity index (χ1n) is 17.7. The van der Waals surface area contributed by atoms with E-state index in [1.807, 2.05) is 30.3 Å². The van der Waals surface area contributed by atoms with Crippen LogP contribution in [0, 0.1) is 15.5 Å². The molecule has 1 aliphatic heterocycles. The van der Waals surface area contributed by atoms with Crippen LogP contribution < -0.4 is 4.74 Å². The molecule has 0 unspecified atom stereocenters. The van der Waals surface area contributed by atoms with E-state index in [0.29, 0.717) is 48.5 Å². The second-order valence-electron chi connectivity index (χ2n) is 13.3. The fourth-order valence-electron chi connectivity index (χ4n) is 6.69. The number of aromatic amines is 1. The normalized spacial score (nSPS) is 13.8. The lowest BCUT2D eigenvalue weighted by Gasteiger charge is -2.39. The minimum atomic E-state index is -5.08. The SMILES string of the molecule is CCOC(=O)C1(Cc2cn(Cc3cc([N+](=O)[O-])ccc3OC)nn2)CCN(C(=O)c2ccc3nc(-c4ccc5ccccc5c4)[nH]c3c2)CC1.O=C(O)C(F)(F)F. The maximum Gasteiger partial charge on any atom is 0.490 e. The highest BCUT2D eigenvalue weighted by atomic mass is 19.4. The van der Waals surface area contributed by atoms with Gasteiger partial charge in [-0.05, 0) is 60.9 Å². The predicted octanol–water partition coefficient (Wildman–Crippen LogP) is 6.60. The maximum atomic E-state index is 13.7. The number of piperidine rings is 1. The number of esters is 1. The minimum Gasteiger partial charge on any atom is -0.496 e. The summed E-state index contributed by atoms with van der Waals surface area (Å²) in [6.07, 6.45) is -2.30. The highest BCUT2D eigenvalue weighted by molar-refractivity contribution is 5.98. The highest BCUT2D eigenvalue weighted by Crippen LogP contribution is 2.37. The number of aliphatic carboxylic acids is 1. The number of nitrogens with zero attached hydrogens (tertiary/aromatic N) is 6. The van der Waals surface area contributed by atoms with E-state index in [-0.39, 0.29) is 37.1 Å². The molecule has 0 saturated carbocycles. The number of carboxylic acid groups (broad SMARTS) is 1. The second-order valence-corrected chi connectivity index (χ2v) is 13.3. The van der Waals surface area contributed by atoms with E-state index in [1.165, 1.54) is 19.2 Å². The third-order valence-corrected chi connectivity index (χ3v) is 9.62. The Bertz CT molecular complexity index is 2460. The van der Waals surface area contributed by atoms with Gasteiger partial charge in [-0.1, -0.05) is 41.6 Å². The number of nitro benzene ring substituents is 1. The van der Waals surface area contributed by atoms with Crippen molar-refractivity contribution in [3.05, 3.63) is 112 Å². The zero-order valence-electron chi connectivity index (χ0n) is 30.7. The Morgan fingerprint density at radius 2 is 1.72 bits per heavy atom. The number of carbonyl (C=O) groups excluding carboxylic acids is 2. The summed E-state index contributed by atoms with van der Waals surface area (Å²) in [5.41, 5.74) is 3.23. The minimum absolute atomic E-state index is 0.0565. The van der Waals surface area contributed by atoms with Crippen molar-refractivity contribution < 1.29 is 47.1 Å². The number of benzene rings is 4. The summed E-state index contributed by atoms with van der Waals surface area (Å²) < 4.78 is 44.2. The van der Waals surface area contributed by atoms with Gasteiger partial charge in [0.2, 0.25) is 0 Å². The Balaban J connectivity index is 0.000000719. The number of imidazole rings is 1. The van der Waals surface area contributed by atoms with Crippen molar-refractivity contribution in [1.29, 1.82) is 0 Å². The molecule has 1 fully saturated rings. The standard InChI is InChI=1S/C37H35N7O6.C2HF3O2/c1-3-50-36(46)37(21-29-23-43(41-40-29)22-28-19-30(44(47)48)11-13-33(28)49-2)14-16-42(17-15-37)35(45)27-10-12-31-32(20-27)39-34(38-31)26-9-8-24-6-4-5-7-25(24)18-26;3-2(4,5)1(6)7/h4-13,18-20,23H,3,14-17,21-22H2,1-2H3,(H,38,39);(H,6,7). The summed E-state index contributed by atoms with van der Waals surface area (Å²) in [5.74, 6) is -1.99. The summed E-state index contributed by atoms with van der Waals surface area (Å²) in [7, 11) is 1.50. The number of fused-ring (bicyclic) bond motifs is 2. The van der Waals surface area contributed by atoms with E-state index in [9.17, 15) is 32.9 Å². The number of nitro groups is 1. The quantitative estimate of drug-likeness (QED) is 0.0862. The summed E-state index contributed by atoms with van der Waals surface area (Å²) in [5, 5.41) is 29.3. The molecule has 6 aromatic rings. The number of methoxy groups -OCH3 is 1. The fraction of sp³-hybridized carbons (Fsp3) is 0.282. The van der Waals surface area contributed by atoms with E-state index in [2.05, 4.69) is 39.6 Å². The van der Waals surface area contributed by atoms with E-state index in [1.54, 1.807) is 34.8 Å². The zero-order valence-corrected chi connectivity index (χ0v) is 30.7. The van der Waals surface area contributed by atoms with Crippen molar-refractivity contribution in [2.75, 3.05) is 26.8 Å². The molecule has 0 spiro atoms. The van der Waals surface area contributed by atoms with Gasteiger partial charge in [-0.3, -0.25) is 19.7 Å². The lowest BCUT2D eigenvalue weighted by Crippen LogP contribution is -2.48. The van der Waals surface area contributed by atoms with Gasteiger partial charge in [0.05, 0.1) is 47.3 Å². The van der Waals surface area contributed by atoms with Gasteiger partial charge in [-0.25, -0.2) is 14.5 Å². The van der Waals surface area contributed by atoms with Gasteiger partial charge in [0.15, 0.2) is 0 Å². The van der Waals surface area contributed by atoms with Crippen molar-refractivity contribution in [1.82, 2.24) is 29.9 Å². The van der Waals surface area contributed by atoms with Gasteiger partial charge >= 0.3 is 18.1 Å². The van der Waals surface area contributed by atoms with Crippen LogP contribution in [0.1, 0.15) is 41.4 Å². The number of alkyl halides is 3. The van der Waals surface area contributed by atoms with Crippen molar-refractivity contribution in [3.63, 3.8) is 0 Å². The van der Waals surface area contributed by atoms with Crippen LogP contribution in [-0.2, 0) is 27.3 Å². The highest BCUT2D eigenvalue weighted by Gasteiger charge is 2.44. The predicted molar refractivity (Wildman–Crippen MR) is 199 cm³/mol. The summed E-state index contributed by atoms with van der Waals surface area (Å²) in [6, 6.07) is 24.2. The first kappa shape index (κ1) is 39.8. The van der Waals surface area contributed by atoms with Crippen LogP contribution in [0.4, 0.5) is 18.9 Å². The van der Waals surface area contributed by atoms with Crippen molar-refractivity contribution in [2.45, 2.75) is 38.9 Å². The van der Waals surface area contributed by atoms with Crippen LogP contribution in [0.5, 0.6) is 5.75 Å². The molecule has 1 saturated heterocycles. The molecule has 0 bridgehead atoms. The van der Waals surface area contributed by atoms with Crippen LogP contribution >= 0.6 is 0 Å². The summed E-state index contributed by atoms with van der Waals surface area (Å²) >= 11 is 0. The van der Waals surface area contributed by atoms with E-state index < -0.39 is 22.5 Å². The van der Waals surface area contributed by atoms with Gasteiger partial charge < -0.3 is 24.5 Å². The van der Waals surface area contributed by atoms with E-state index >= 15 is 0 Å². The molecular formula is C39H36F3N7O8. The lowest BCUT2D eigenvalue weighted by atomic mass is 9.74. The average Bonchev–Trinajstić information content (AvgIpc) is 3.83. The van der Waals surface area contributed by atoms with Gasteiger partial charge in [0, 0.05) is 54.5 Å². The molecule has 0 aliphatic carbocycles. The molecule has 0 radical (unpaired) electrons. The first-order valence-corrected chi connectivity index (χ1v) is 17.7. The molecule has 296 valence electrons. The number of likely N-dealkylation sites (tertiary alicyclic amines) is 1. The Morgan fingerprint density at radius 3 is 2.39 bits per heavy atom. The van der Waals surface area contributed by atoms with Crippen LogP contribution in [0.25, 0.3) is 33.2 Å². The van der Waals surface area contributed by atoms with Crippen molar-refractivity contribution in [3.8, 4) is 17.1 Å². The molecule has 1 amide bonds. The number of aromatic nitrogens is 5. The molecule has 1 aliphatic rings. The summed E-state index contributed by atoms with van der Waals surface area (Å²) in [4.78, 5) is 56.8. The molecule has 7 rings (SSSR count). The number of non-ortho nitro benzene ring substituents is 1.